The SMILES string of the molecule is CN1CCCN(Cc2ccccc2-c2nc(C(F)F)cc(=O)[nH]2)CC1. The Morgan fingerprint density at radius 1 is 1.20 bits per heavy atom. The molecule has 1 N–H and O–H groups in total. The van der Waals surface area contributed by atoms with E-state index in [-0.39, 0.29) is 5.82 Å². The predicted molar refractivity (Wildman–Crippen MR) is 92.6 cm³/mol. The van der Waals surface area contributed by atoms with E-state index in [9.17, 15) is 13.6 Å². The van der Waals surface area contributed by atoms with Gasteiger partial charge < -0.3 is 9.88 Å². The molecule has 0 unspecified atom stereocenters. The smallest absolute Gasteiger partial charge is 0.280 e. The minimum absolute atomic E-state index is 0.199. The van der Waals surface area contributed by atoms with Gasteiger partial charge in [0.1, 0.15) is 11.5 Å². The summed E-state index contributed by atoms with van der Waals surface area (Å²) >= 11 is 0. The first-order chi connectivity index (χ1) is 12.0. The summed E-state index contributed by atoms with van der Waals surface area (Å²) in [6.45, 7) is 4.71. The van der Waals surface area contributed by atoms with E-state index in [2.05, 4.69) is 26.8 Å². The van der Waals surface area contributed by atoms with Gasteiger partial charge in [0.25, 0.3) is 12.0 Å². The van der Waals surface area contributed by atoms with Crippen molar-refractivity contribution in [2.75, 3.05) is 33.2 Å². The molecule has 0 saturated carbocycles. The summed E-state index contributed by atoms with van der Waals surface area (Å²) in [5.41, 5.74) is 0.609. The molecule has 0 radical (unpaired) electrons. The zero-order valence-electron chi connectivity index (χ0n) is 14.2. The highest BCUT2D eigenvalue weighted by Gasteiger charge is 2.17. The van der Waals surface area contributed by atoms with E-state index < -0.39 is 17.7 Å². The Morgan fingerprint density at radius 3 is 2.80 bits per heavy atom. The minimum Gasteiger partial charge on any atom is -0.307 e. The van der Waals surface area contributed by atoms with Crippen LogP contribution in [0, 0.1) is 0 Å². The van der Waals surface area contributed by atoms with Crippen LogP contribution in [0.25, 0.3) is 11.4 Å². The first-order valence-corrected chi connectivity index (χ1v) is 8.41. The first kappa shape index (κ1) is 17.7. The van der Waals surface area contributed by atoms with Crippen LogP contribution in [0.4, 0.5) is 8.78 Å². The van der Waals surface area contributed by atoms with Crippen molar-refractivity contribution in [2.45, 2.75) is 19.4 Å². The third-order valence-electron chi connectivity index (χ3n) is 4.46. The molecular weight excluding hydrogens is 326 g/mol. The number of halogens is 2. The molecule has 3 rings (SSSR count). The van der Waals surface area contributed by atoms with Crippen molar-refractivity contribution < 1.29 is 8.78 Å². The van der Waals surface area contributed by atoms with Gasteiger partial charge in [0, 0.05) is 31.3 Å². The number of nitrogens with one attached hydrogen (secondary N) is 1. The molecule has 1 saturated heterocycles. The van der Waals surface area contributed by atoms with Crippen molar-refractivity contribution in [3.63, 3.8) is 0 Å². The number of rotatable bonds is 4. The second kappa shape index (κ2) is 7.84. The summed E-state index contributed by atoms with van der Waals surface area (Å²) in [6.07, 6.45) is -1.68. The normalized spacial score (nSPS) is 17.0. The van der Waals surface area contributed by atoms with Gasteiger partial charge in [-0.05, 0) is 32.1 Å². The number of aromatic nitrogens is 2. The molecule has 0 amide bonds. The fraction of sp³-hybridized carbons (Fsp3) is 0.444. The fourth-order valence-corrected chi connectivity index (χ4v) is 3.10. The van der Waals surface area contributed by atoms with Gasteiger partial charge >= 0.3 is 0 Å². The van der Waals surface area contributed by atoms with Crippen LogP contribution in [0.15, 0.2) is 35.1 Å². The van der Waals surface area contributed by atoms with Crippen LogP contribution in [0.2, 0.25) is 0 Å². The maximum atomic E-state index is 13.0. The second-order valence-electron chi connectivity index (χ2n) is 6.41. The zero-order valence-corrected chi connectivity index (χ0v) is 14.2. The van der Waals surface area contributed by atoms with Gasteiger partial charge in [-0.3, -0.25) is 9.69 Å². The quantitative estimate of drug-likeness (QED) is 0.922. The van der Waals surface area contributed by atoms with Crippen LogP contribution >= 0.6 is 0 Å². The Kier molecular flexibility index (Phi) is 5.55. The van der Waals surface area contributed by atoms with Crippen molar-refractivity contribution in [3.05, 3.63) is 51.9 Å². The average Bonchev–Trinajstić information content (AvgIpc) is 2.79. The topological polar surface area (TPSA) is 52.2 Å². The molecule has 2 aromatic rings. The summed E-state index contributed by atoms with van der Waals surface area (Å²) in [7, 11) is 2.11. The Morgan fingerprint density at radius 2 is 2.00 bits per heavy atom. The molecule has 134 valence electrons. The summed E-state index contributed by atoms with van der Waals surface area (Å²) in [5, 5.41) is 0. The van der Waals surface area contributed by atoms with Crippen molar-refractivity contribution in [2.24, 2.45) is 0 Å². The molecule has 1 aromatic heterocycles. The highest BCUT2D eigenvalue weighted by Crippen LogP contribution is 2.23. The molecule has 7 heteroatoms. The number of H-pyrrole nitrogens is 1. The fourth-order valence-electron chi connectivity index (χ4n) is 3.10. The molecule has 0 atom stereocenters. The standard InChI is InChI=1S/C18H22F2N4O/c1-23-7-4-8-24(10-9-23)12-13-5-2-3-6-14(13)18-21-15(17(19)20)11-16(25)22-18/h2-3,5-6,11,17H,4,7-10,12H2,1H3,(H,21,22,25). The maximum Gasteiger partial charge on any atom is 0.280 e. The Balaban J connectivity index is 1.90. The van der Waals surface area contributed by atoms with E-state index in [1.54, 1.807) is 0 Å². The van der Waals surface area contributed by atoms with Crippen molar-refractivity contribution in [3.8, 4) is 11.4 Å². The van der Waals surface area contributed by atoms with Gasteiger partial charge in [-0.25, -0.2) is 13.8 Å². The van der Waals surface area contributed by atoms with Crippen LogP contribution in [0.5, 0.6) is 0 Å². The van der Waals surface area contributed by atoms with E-state index in [4.69, 9.17) is 0 Å². The molecule has 5 nitrogen and oxygen atoms in total. The van der Waals surface area contributed by atoms with Gasteiger partial charge in [-0.1, -0.05) is 24.3 Å². The summed E-state index contributed by atoms with van der Waals surface area (Å²) in [5.74, 6) is 0.199. The Labute approximate surface area is 145 Å². The lowest BCUT2D eigenvalue weighted by Gasteiger charge is -2.21. The number of hydrogen-bond donors (Lipinski definition) is 1. The van der Waals surface area contributed by atoms with Crippen LogP contribution in [-0.4, -0.2) is 53.0 Å². The molecule has 1 aromatic carbocycles. The summed E-state index contributed by atoms with van der Waals surface area (Å²) in [4.78, 5) is 22.9. The highest BCUT2D eigenvalue weighted by molar-refractivity contribution is 5.60. The molecule has 1 fully saturated rings. The van der Waals surface area contributed by atoms with Gasteiger partial charge in [-0.2, -0.15) is 0 Å². The zero-order chi connectivity index (χ0) is 17.8. The van der Waals surface area contributed by atoms with Crippen LogP contribution < -0.4 is 5.56 Å². The Bertz CT molecular complexity index is 778. The van der Waals surface area contributed by atoms with E-state index in [0.29, 0.717) is 12.1 Å². The van der Waals surface area contributed by atoms with Gasteiger partial charge in [0.05, 0.1) is 0 Å². The molecule has 2 heterocycles. The van der Waals surface area contributed by atoms with Crippen LogP contribution in [0.3, 0.4) is 0 Å². The minimum atomic E-state index is -2.77. The molecular formula is C18H22F2N4O. The highest BCUT2D eigenvalue weighted by atomic mass is 19.3. The van der Waals surface area contributed by atoms with E-state index >= 15 is 0 Å². The monoisotopic (exact) mass is 348 g/mol. The van der Waals surface area contributed by atoms with Crippen molar-refractivity contribution in [1.29, 1.82) is 0 Å². The third-order valence-corrected chi connectivity index (χ3v) is 4.46. The number of hydrogen-bond acceptors (Lipinski definition) is 4. The lowest BCUT2D eigenvalue weighted by Crippen LogP contribution is -2.28. The first-order valence-electron chi connectivity index (χ1n) is 8.41. The van der Waals surface area contributed by atoms with Crippen molar-refractivity contribution >= 4 is 0 Å². The maximum absolute atomic E-state index is 13.0. The van der Waals surface area contributed by atoms with E-state index in [1.807, 2.05) is 24.3 Å². The Hall–Kier alpha value is -2.12. The summed E-state index contributed by atoms with van der Waals surface area (Å²) in [6, 6.07) is 8.36. The van der Waals surface area contributed by atoms with Gasteiger partial charge in [0.2, 0.25) is 0 Å². The molecule has 0 spiro atoms. The van der Waals surface area contributed by atoms with Crippen LogP contribution in [0.1, 0.15) is 24.1 Å². The van der Waals surface area contributed by atoms with E-state index in [1.165, 1.54) is 0 Å². The molecule has 0 aliphatic carbocycles. The third kappa shape index (κ3) is 4.49. The lowest BCUT2D eigenvalue weighted by atomic mass is 10.1. The van der Waals surface area contributed by atoms with Gasteiger partial charge in [0.15, 0.2) is 0 Å². The number of benzene rings is 1. The largest absolute Gasteiger partial charge is 0.307 e. The summed E-state index contributed by atoms with van der Waals surface area (Å²) < 4.78 is 25.9. The predicted octanol–water partition coefficient (Wildman–Crippen LogP) is 2.51. The van der Waals surface area contributed by atoms with E-state index in [0.717, 1.165) is 44.2 Å². The number of aromatic amines is 1. The molecule has 1 aliphatic heterocycles. The van der Waals surface area contributed by atoms with Crippen molar-refractivity contribution in [1.82, 2.24) is 19.8 Å². The number of nitrogens with zero attached hydrogens (tertiary/aromatic N) is 3. The molecule has 25 heavy (non-hydrogen) atoms. The second-order valence-corrected chi connectivity index (χ2v) is 6.41. The van der Waals surface area contributed by atoms with Gasteiger partial charge in [-0.15, -0.1) is 0 Å². The van der Waals surface area contributed by atoms with Crippen LogP contribution in [-0.2, 0) is 6.54 Å². The number of alkyl halides is 2. The lowest BCUT2D eigenvalue weighted by molar-refractivity contribution is 0.146. The molecule has 0 bridgehead atoms. The molecule has 1 aliphatic rings. The number of likely N-dealkylation sites (N-methyl/N-ethyl adjacent to an activating group) is 1. The average molecular weight is 348 g/mol.